The van der Waals surface area contributed by atoms with E-state index in [1.54, 1.807) is 6.92 Å². The number of carbonyl (C=O) groups excluding carboxylic acids is 2. The SMILES string of the molecule is CC(CC(=O)O)NC(=O)C[C@@H]1CCC[C@H]1NC(=O)OCC1c2ccccc2-c2ccccc21. The van der Waals surface area contributed by atoms with Crippen molar-refractivity contribution in [1.29, 1.82) is 0 Å². The molecule has 0 aromatic heterocycles. The summed E-state index contributed by atoms with van der Waals surface area (Å²) in [6.45, 7) is 1.93. The lowest BCUT2D eigenvalue weighted by Gasteiger charge is -2.22. The second-order valence-corrected chi connectivity index (χ2v) is 9.04. The molecular formula is C26H30N2O5. The third-order valence-corrected chi connectivity index (χ3v) is 6.64. The summed E-state index contributed by atoms with van der Waals surface area (Å²) in [6, 6.07) is 15.9. The van der Waals surface area contributed by atoms with E-state index in [2.05, 4.69) is 34.9 Å². The highest BCUT2D eigenvalue weighted by atomic mass is 16.5. The Labute approximate surface area is 193 Å². The van der Waals surface area contributed by atoms with Crippen LogP contribution in [0.25, 0.3) is 11.1 Å². The molecule has 2 amide bonds. The number of alkyl carbamates (subject to hydrolysis) is 1. The van der Waals surface area contributed by atoms with Gasteiger partial charge in [0.2, 0.25) is 5.91 Å². The van der Waals surface area contributed by atoms with E-state index in [1.807, 2.05) is 24.3 Å². The summed E-state index contributed by atoms with van der Waals surface area (Å²) in [6.07, 6.45) is 2.25. The Morgan fingerprint density at radius 1 is 1.03 bits per heavy atom. The van der Waals surface area contributed by atoms with Gasteiger partial charge in [-0.05, 0) is 47.9 Å². The smallest absolute Gasteiger partial charge is 0.407 e. The first kappa shape index (κ1) is 22.8. The van der Waals surface area contributed by atoms with Gasteiger partial charge in [0, 0.05) is 24.4 Å². The topological polar surface area (TPSA) is 105 Å². The van der Waals surface area contributed by atoms with Crippen LogP contribution >= 0.6 is 0 Å². The second kappa shape index (κ2) is 10.1. The molecular weight excluding hydrogens is 420 g/mol. The van der Waals surface area contributed by atoms with Gasteiger partial charge in [-0.25, -0.2) is 4.79 Å². The Hall–Kier alpha value is -3.35. The normalized spacial score (nSPS) is 19.9. The van der Waals surface area contributed by atoms with Gasteiger partial charge in [0.25, 0.3) is 0 Å². The van der Waals surface area contributed by atoms with Gasteiger partial charge in [0.05, 0.1) is 6.42 Å². The molecule has 3 atom stereocenters. The fourth-order valence-electron chi connectivity index (χ4n) is 5.15. The Kier molecular flexibility index (Phi) is 6.96. The van der Waals surface area contributed by atoms with E-state index in [9.17, 15) is 14.4 Å². The number of ether oxygens (including phenoxy) is 1. The average molecular weight is 451 g/mol. The number of carboxylic acids is 1. The lowest BCUT2D eigenvalue weighted by molar-refractivity contribution is -0.137. The molecule has 1 fully saturated rings. The molecule has 0 radical (unpaired) electrons. The summed E-state index contributed by atoms with van der Waals surface area (Å²) < 4.78 is 5.65. The minimum Gasteiger partial charge on any atom is -0.481 e. The summed E-state index contributed by atoms with van der Waals surface area (Å²) in [5.41, 5.74) is 4.69. The monoisotopic (exact) mass is 450 g/mol. The molecule has 0 aliphatic heterocycles. The number of amides is 2. The van der Waals surface area contributed by atoms with E-state index < -0.39 is 18.1 Å². The molecule has 0 heterocycles. The number of rotatable bonds is 8. The molecule has 2 aliphatic rings. The first-order chi connectivity index (χ1) is 15.9. The number of nitrogens with one attached hydrogen (secondary N) is 2. The van der Waals surface area contributed by atoms with Crippen LogP contribution in [-0.2, 0) is 14.3 Å². The Balaban J connectivity index is 1.31. The third kappa shape index (κ3) is 5.35. The van der Waals surface area contributed by atoms with Crippen molar-refractivity contribution in [2.24, 2.45) is 5.92 Å². The molecule has 0 saturated heterocycles. The van der Waals surface area contributed by atoms with Crippen LogP contribution in [0.15, 0.2) is 48.5 Å². The van der Waals surface area contributed by atoms with Crippen molar-refractivity contribution in [3.05, 3.63) is 59.7 Å². The molecule has 2 aromatic rings. The molecule has 7 heteroatoms. The van der Waals surface area contributed by atoms with Crippen LogP contribution in [0.1, 0.15) is 56.1 Å². The molecule has 33 heavy (non-hydrogen) atoms. The summed E-state index contributed by atoms with van der Waals surface area (Å²) in [5, 5.41) is 14.5. The van der Waals surface area contributed by atoms with Gasteiger partial charge < -0.3 is 20.5 Å². The van der Waals surface area contributed by atoms with Crippen molar-refractivity contribution in [3.63, 3.8) is 0 Å². The number of hydrogen-bond donors (Lipinski definition) is 3. The van der Waals surface area contributed by atoms with Crippen LogP contribution in [0.2, 0.25) is 0 Å². The average Bonchev–Trinajstić information content (AvgIpc) is 3.33. The largest absolute Gasteiger partial charge is 0.481 e. The highest BCUT2D eigenvalue weighted by Gasteiger charge is 2.32. The maximum absolute atomic E-state index is 12.6. The predicted octanol–water partition coefficient (Wildman–Crippen LogP) is 4.06. The van der Waals surface area contributed by atoms with Gasteiger partial charge in [0.15, 0.2) is 0 Å². The first-order valence-electron chi connectivity index (χ1n) is 11.5. The van der Waals surface area contributed by atoms with E-state index in [0.717, 1.165) is 30.4 Å². The zero-order chi connectivity index (χ0) is 23.4. The van der Waals surface area contributed by atoms with Gasteiger partial charge in [-0.3, -0.25) is 9.59 Å². The molecule has 4 rings (SSSR count). The fourth-order valence-corrected chi connectivity index (χ4v) is 5.15. The minimum absolute atomic E-state index is 0.00373. The molecule has 1 unspecified atom stereocenters. The molecule has 174 valence electrons. The third-order valence-electron chi connectivity index (χ3n) is 6.64. The maximum Gasteiger partial charge on any atom is 0.407 e. The zero-order valence-corrected chi connectivity index (χ0v) is 18.8. The lowest BCUT2D eigenvalue weighted by atomic mass is 9.98. The predicted molar refractivity (Wildman–Crippen MR) is 124 cm³/mol. The number of benzene rings is 2. The quantitative estimate of drug-likeness (QED) is 0.563. The van der Waals surface area contributed by atoms with Gasteiger partial charge in [-0.2, -0.15) is 0 Å². The standard InChI is InChI=1S/C26H30N2O5/c1-16(13-25(30)31)27-24(29)14-17-7-6-12-23(17)28-26(32)33-15-22-20-10-4-2-8-18(20)19-9-3-5-11-21(19)22/h2-5,8-11,16-17,22-23H,6-7,12-15H2,1H3,(H,27,29)(H,28,32)(H,30,31)/t16?,17-,23+/m0/s1. The van der Waals surface area contributed by atoms with E-state index in [1.165, 1.54) is 11.1 Å². The highest BCUT2D eigenvalue weighted by Crippen LogP contribution is 2.44. The van der Waals surface area contributed by atoms with Crippen LogP contribution in [0.4, 0.5) is 4.79 Å². The summed E-state index contributed by atoms with van der Waals surface area (Å²) in [5.74, 6) is -1.11. The van der Waals surface area contributed by atoms with E-state index in [4.69, 9.17) is 9.84 Å². The number of hydrogen-bond acceptors (Lipinski definition) is 4. The molecule has 1 saturated carbocycles. The number of carbonyl (C=O) groups is 3. The molecule has 0 spiro atoms. The summed E-state index contributed by atoms with van der Waals surface area (Å²) in [4.78, 5) is 35.7. The number of fused-ring (bicyclic) bond motifs is 3. The fraction of sp³-hybridized carbons (Fsp3) is 0.423. The van der Waals surface area contributed by atoms with Crippen molar-refractivity contribution in [3.8, 4) is 11.1 Å². The van der Waals surface area contributed by atoms with Gasteiger partial charge in [0.1, 0.15) is 6.61 Å². The van der Waals surface area contributed by atoms with Crippen molar-refractivity contribution in [2.45, 2.75) is 57.0 Å². The molecule has 0 bridgehead atoms. The summed E-state index contributed by atoms with van der Waals surface area (Å²) in [7, 11) is 0. The molecule has 3 N–H and O–H groups in total. The highest BCUT2D eigenvalue weighted by molar-refractivity contribution is 5.79. The number of carboxylic acid groups (broad SMARTS) is 1. The van der Waals surface area contributed by atoms with E-state index in [-0.39, 0.29) is 43.2 Å². The van der Waals surface area contributed by atoms with E-state index in [0.29, 0.717) is 0 Å². The molecule has 7 nitrogen and oxygen atoms in total. The van der Waals surface area contributed by atoms with Crippen molar-refractivity contribution < 1.29 is 24.2 Å². The van der Waals surface area contributed by atoms with Gasteiger partial charge >= 0.3 is 12.1 Å². The van der Waals surface area contributed by atoms with Crippen LogP contribution < -0.4 is 10.6 Å². The van der Waals surface area contributed by atoms with Gasteiger partial charge in [-0.15, -0.1) is 0 Å². The lowest BCUT2D eigenvalue weighted by Crippen LogP contribution is -2.41. The van der Waals surface area contributed by atoms with E-state index >= 15 is 0 Å². The zero-order valence-electron chi connectivity index (χ0n) is 18.8. The van der Waals surface area contributed by atoms with Crippen LogP contribution in [0.3, 0.4) is 0 Å². The van der Waals surface area contributed by atoms with Crippen molar-refractivity contribution >= 4 is 18.0 Å². The second-order valence-electron chi connectivity index (χ2n) is 9.04. The number of aliphatic carboxylic acids is 1. The van der Waals surface area contributed by atoms with Crippen LogP contribution in [0.5, 0.6) is 0 Å². The van der Waals surface area contributed by atoms with Crippen molar-refractivity contribution in [2.75, 3.05) is 6.61 Å². The Bertz CT molecular complexity index is 991. The first-order valence-corrected chi connectivity index (χ1v) is 11.5. The Morgan fingerprint density at radius 3 is 2.30 bits per heavy atom. The van der Waals surface area contributed by atoms with Crippen molar-refractivity contribution in [1.82, 2.24) is 10.6 Å². The van der Waals surface area contributed by atoms with Crippen LogP contribution in [0, 0.1) is 5.92 Å². The van der Waals surface area contributed by atoms with Gasteiger partial charge in [-0.1, -0.05) is 55.0 Å². The Morgan fingerprint density at radius 2 is 1.67 bits per heavy atom. The minimum atomic E-state index is -0.946. The summed E-state index contributed by atoms with van der Waals surface area (Å²) >= 11 is 0. The van der Waals surface area contributed by atoms with Crippen LogP contribution in [-0.4, -0.2) is 41.8 Å². The molecule has 2 aliphatic carbocycles. The molecule has 2 aromatic carbocycles. The maximum atomic E-state index is 12.6.